The molecule has 0 atom stereocenters. The van der Waals surface area contributed by atoms with Crippen LogP contribution in [0, 0.1) is 0 Å². The largest absolute Gasteiger partial charge is 1.20 e. The molecule has 0 spiro atoms. The van der Waals surface area contributed by atoms with Gasteiger partial charge in [-0.3, -0.25) is 43.2 Å². The van der Waals surface area contributed by atoms with Crippen LogP contribution in [0.1, 0.15) is 62.3 Å². The molecule has 0 amide bonds. The fraction of sp³-hybridized carbons (Fsp3) is 0.500. The van der Waals surface area contributed by atoms with Gasteiger partial charge in [-0.1, -0.05) is 0 Å². The molecular weight excluding hydrogens is 585 g/mol. The molecule has 39 heavy (non-hydrogen) atoms. The Labute approximate surface area is 238 Å². The molecule has 0 saturated carbocycles. The summed E-state index contributed by atoms with van der Waals surface area (Å²) in [6.07, 6.45) is 0. The van der Waals surface area contributed by atoms with E-state index in [4.69, 9.17) is 0 Å². The Morgan fingerprint density at radius 3 is 0.385 bits per heavy atom. The first-order valence-electron chi connectivity index (χ1n) is 10.3. The van der Waals surface area contributed by atoms with Crippen LogP contribution < -0.4 is 0 Å². The predicted octanol–water partition coefficient (Wildman–Crippen LogP) is -1.02. The Bertz CT molecular complexity index is 675. The molecule has 21 heteroatoms. The van der Waals surface area contributed by atoms with E-state index in [1.54, 1.807) is 0 Å². The van der Waals surface area contributed by atoms with E-state index in [9.17, 15) is 43.2 Å². The van der Waals surface area contributed by atoms with Crippen molar-refractivity contribution in [3.05, 3.63) is 0 Å². The third-order valence-electron chi connectivity index (χ3n) is 2.36. The summed E-state index contributed by atoms with van der Waals surface area (Å²) in [5.74, 6) is -5.88. The minimum atomic E-state index is -2.96. The Kier molecular flexibility index (Phi) is 23.6. The van der Waals surface area contributed by atoms with Crippen molar-refractivity contribution in [2.24, 2.45) is 0 Å². The van der Waals surface area contributed by atoms with Gasteiger partial charge in [-0.25, -0.2) is 0 Å². The molecule has 0 N–H and O–H groups in total. The fourth-order valence-corrected chi connectivity index (χ4v) is 4.31. The summed E-state index contributed by atoms with van der Waals surface area (Å²) in [7, 11) is 0. The Morgan fingerprint density at radius 2 is 0.333 bits per heavy atom. The van der Waals surface area contributed by atoms with Gasteiger partial charge < -0.3 is 34.1 Å². The number of carbonyl (C=O) groups excluding carboxylic acids is 9. The quantitative estimate of drug-likeness (QED) is 0.283. The smallest absolute Gasteiger partial charge is 0.551 e. The first kappa shape index (κ1) is 40.3. The van der Waals surface area contributed by atoms with Crippen molar-refractivity contribution in [3.63, 3.8) is 0 Å². The van der Waals surface area contributed by atoms with Crippen molar-refractivity contribution in [2.45, 2.75) is 62.3 Å². The van der Waals surface area contributed by atoms with Gasteiger partial charge in [0.15, 0.2) is 0 Å². The molecule has 18 nitrogen and oxygen atoms in total. The summed E-state index contributed by atoms with van der Waals surface area (Å²) in [6, 6.07) is 0. The number of hydrogen-bond donors (Lipinski definition) is 0. The maximum atomic E-state index is 10.4. The van der Waals surface area contributed by atoms with Crippen LogP contribution in [0.15, 0.2) is 0 Å². The van der Waals surface area contributed by atoms with E-state index in [1.165, 1.54) is 0 Å². The van der Waals surface area contributed by atoms with Gasteiger partial charge >= 0.3 is 45.4 Å². The van der Waals surface area contributed by atoms with Gasteiger partial charge in [0, 0.05) is 62.3 Å². The second-order valence-corrected chi connectivity index (χ2v) is 10.2. The van der Waals surface area contributed by atoms with Gasteiger partial charge in [0.25, 0.3) is 53.7 Å². The minimum Gasteiger partial charge on any atom is -0.551 e. The van der Waals surface area contributed by atoms with Crippen LogP contribution in [-0.4, -0.2) is 99.2 Å². The summed E-state index contributed by atoms with van der Waals surface area (Å²) >= 11 is -8.87. The SMILES string of the molecule is CC(=O)[O][Al]([O]C(C)=O)[O]C(C)=O.CC(=O)[O][Al]([O]C(C)=O)[O]C(C)=O.CC(=O)[O][Al]([O]C(C)=O)[O]C(C)=O. The molecule has 0 aliphatic carbocycles. The molecule has 0 unspecified atom stereocenters. The summed E-state index contributed by atoms with van der Waals surface area (Å²) < 4.78 is 40.4. The highest BCUT2D eigenvalue weighted by Crippen LogP contribution is 1.96. The first-order chi connectivity index (χ1) is 17.7. The Hall–Kier alpha value is -3.17. The molecule has 0 bridgehead atoms. The monoisotopic (exact) mass is 612 g/mol. The van der Waals surface area contributed by atoms with Crippen molar-refractivity contribution in [3.8, 4) is 0 Å². The molecule has 0 fully saturated rings. The van der Waals surface area contributed by atoms with Crippen LogP contribution in [0.4, 0.5) is 0 Å². The van der Waals surface area contributed by atoms with E-state index in [0.29, 0.717) is 0 Å². The first-order valence-corrected chi connectivity index (χ1v) is 14.5. The van der Waals surface area contributed by atoms with Crippen molar-refractivity contribution in [2.75, 3.05) is 0 Å². The zero-order valence-electron chi connectivity index (χ0n) is 22.6. The van der Waals surface area contributed by atoms with E-state index in [2.05, 4.69) is 34.1 Å². The molecular formula is C18H27Al3O18. The fourth-order valence-electron chi connectivity index (χ4n) is 1.44. The highest BCUT2D eigenvalue weighted by Gasteiger charge is 2.48. The van der Waals surface area contributed by atoms with Crippen molar-refractivity contribution >= 4 is 99.2 Å². The highest BCUT2D eigenvalue weighted by atomic mass is 27.3. The molecule has 0 radical (unpaired) electrons. The van der Waals surface area contributed by atoms with Crippen molar-refractivity contribution in [1.82, 2.24) is 0 Å². The number of rotatable bonds is 9. The maximum absolute atomic E-state index is 10.4. The van der Waals surface area contributed by atoms with Crippen LogP contribution in [0.5, 0.6) is 0 Å². The van der Waals surface area contributed by atoms with E-state index in [-0.39, 0.29) is 0 Å². The van der Waals surface area contributed by atoms with Crippen LogP contribution in [-0.2, 0) is 77.2 Å². The Balaban J connectivity index is -0.000000498. The molecule has 0 aromatic heterocycles. The highest BCUT2D eigenvalue weighted by molar-refractivity contribution is 6.44. The summed E-state index contributed by atoms with van der Waals surface area (Å²) in [4.78, 5) is 94.0. The number of hydrogen-bond acceptors (Lipinski definition) is 18. The molecule has 0 aliphatic heterocycles. The van der Waals surface area contributed by atoms with Gasteiger partial charge in [0.05, 0.1) is 0 Å². The zero-order valence-corrected chi connectivity index (χ0v) is 26.0. The van der Waals surface area contributed by atoms with Gasteiger partial charge in [-0.2, -0.15) is 0 Å². The second-order valence-electron chi connectivity index (χ2n) is 6.35. The van der Waals surface area contributed by atoms with Gasteiger partial charge in [-0.15, -0.1) is 0 Å². The summed E-state index contributed by atoms with van der Waals surface area (Å²) in [5, 5.41) is 0. The van der Waals surface area contributed by atoms with E-state index in [0.717, 1.165) is 62.3 Å². The lowest BCUT2D eigenvalue weighted by molar-refractivity contribution is -0.148. The molecule has 0 rings (SSSR count). The van der Waals surface area contributed by atoms with Crippen LogP contribution in [0.25, 0.3) is 0 Å². The third kappa shape index (κ3) is 34.8. The molecule has 216 valence electrons. The van der Waals surface area contributed by atoms with Crippen molar-refractivity contribution in [1.29, 1.82) is 0 Å². The van der Waals surface area contributed by atoms with Crippen molar-refractivity contribution < 1.29 is 77.2 Å². The molecule has 0 aromatic carbocycles. The normalized spacial score (nSPS) is 8.54. The van der Waals surface area contributed by atoms with Crippen LogP contribution >= 0.6 is 0 Å². The van der Waals surface area contributed by atoms with E-state index < -0.39 is 99.2 Å². The standard InChI is InChI=1S/9C2H4O2.3Al/c9*1-2(3)4;;;/h9*1H3,(H,3,4);;;/q;;;;;;;;;3*+3/p-9. The Morgan fingerprint density at radius 1 is 0.256 bits per heavy atom. The second kappa shape index (κ2) is 22.8. The zero-order chi connectivity index (χ0) is 31.3. The van der Waals surface area contributed by atoms with Crippen LogP contribution in [0.3, 0.4) is 0 Å². The topological polar surface area (TPSA) is 237 Å². The average molecular weight is 612 g/mol. The molecule has 0 saturated heterocycles. The summed E-state index contributed by atoms with van der Waals surface area (Å²) in [5.41, 5.74) is 0. The molecule has 0 aliphatic rings. The number of carbonyl (C=O) groups is 9. The maximum Gasteiger partial charge on any atom is 1.20 e. The lowest BCUT2D eigenvalue weighted by atomic mass is 10.9. The van der Waals surface area contributed by atoms with E-state index in [1.807, 2.05) is 0 Å². The lowest BCUT2D eigenvalue weighted by Gasteiger charge is -2.08. The third-order valence-corrected chi connectivity index (χ3v) is 7.08. The van der Waals surface area contributed by atoms with E-state index >= 15 is 0 Å². The lowest BCUT2D eigenvalue weighted by Crippen LogP contribution is -2.32. The molecule has 0 aromatic rings. The molecule has 0 heterocycles. The van der Waals surface area contributed by atoms with Gasteiger partial charge in [0.2, 0.25) is 0 Å². The van der Waals surface area contributed by atoms with Gasteiger partial charge in [-0.05, 0) is 0 Å². The van der Waals surface area contributed by atoms with Crippen LogP contribution in [0.2, 0.25) is 0 Å². The minimum absolute atomic E-state index is 0.654. The summed E-state index contributed by atoms with van der Waals surface area (Å²) in [6.45, 7) is 10.2. The predicted molar refractivity (Wildman–Crippen MR) is 123 cm³/mol. The average Bonchev–Trinajstić information content (AvgIpc) is 2.63. The van der Waals surface area contributed by atoms with Gasteiger partial charge in [0.1, 0.15) is 0 Å².